The van der Waals surface area contributed by atoms with Crippen LogP contribution in [0.2, 0.25) is 5.15 Å². The van der Waals surface area contributed by atoms with Crippen LogP contribution in [0.15, 0.2) is 6.07 Å². The minimum atomic E-state index is 0.0272. The Hall–Kier alpha value is -0.710. The maximum atomic E-state index is 8.90. The second kappa shape index (κ2) is 3.21. The van der Waals surface area contributed by atoms with Gasteiger partial charge in [-0.15, -0.1) is 11.3 Å². The van der Waals surface area contributed by atoms with Gasteiger partial charge in [-0.2, -0.15) is 0 Å². The Morgan fingerprint density at radius 2 is 2.31 bits per heavy atom. The first kappa shape index (κ1) is 8.87. The Kier molecular flexibility index (Phi) is 2.19. The predicted octanol–water partition coefficient (Wildman–Crippen LogP) is 2.15. The SMILES string of the molecule is Cc1nc2sc(CO)cc2nc1Cl. The first-order valence-corrected chi connectivity index (χ1v) is 4.93. The summed E-state index contributed by atoms with van der Waals surface area (Å²) in [7, 11) is 0. The molecule has 0 spiro atoms. The van der Waals surface area contributed by atoms with E-state index in [1.165, 1.54) is 11.3 Å². The van der Waals surface area contributed by atoms with Crippen LogP contribution in [0.1, 0.15) is 10.6 Å². The maximum Gasteiger partial charge on any atom is 0.151 e. The molecule has 0 radical (unpaired) electrons. The van der Waals surface area contributed by atoms with E-state index in [0.29, 0.717) is 5.15 Å². The van der Waals surface area contributed by atoms with Gasteiger partial charge in [0.2, 0.25) is 0 Å². The lowest BCUT2D eigenvalue weighted by Gasteiger charge is -1.93. The third-order valence-corrected chi connectivity index (χ3v) is 3.05. The van der Waals surface area contributed by atoms with Gasteiger partial charge in [-0.1, -0.05) is 11.6 Å². The van der Waals surface area contributed by atoms with Crippen molar-refractivity contribution in [2.75, 3.05) is 0 Å². The molecule has 2 heterocycles. The topological polar surface area (TPSA) is 46.0 Å². The zero-order valence-electron chi connectivity index (χ0n) is 6.91. The molecule has 5 heteroatoms. The van der Waals surface area contributed by atoms with Gasteiger partial charge in [0.25, 0.3) is 0 Å². The van der Waals surface area contributed by atoms with E-state index in [0.717, 1.165) is 20.9 Å². The Morgan fingerprint density at radius 3 is 3.00 bits per heavy atom. The fourth-order valence-corrected chi connectivity index (χ4v) is 2.05. The van der Waals surface area contributed by atoms with Crippen molar-refractivity contribution in [2.45, 2.75) is 13.5 Å². The highest BCUT2D eigenvalue weighted by molar-refractivity contribution is 7.18. The molecule has 0 aromatic carbocycles. The minimum Gasteiger partial charge on any atom is -0.391 e. The van der Waals surface area contributed by atoms with Crippen LogP contribution in [0.4, 0.5) is 0 Å². The molecule has 0 saturated heterocycles. The van der Waals surface area contributed by atoms with Crippen molar-refractivity contribution in [1.82, 2.24) is 9.97 Å². The van der Waals surface area contributed by atoms with Gasteiger partial charge in [0, 0.05) is 4.88 Å². The quantitative estimate of drug-likeness (QED) is 0.791. The molecule has 2 aromatic rings. The van der Waals surface area contributed by atoms with Crippen molar-refractivity contribution in [3.8, 4) is 0 Å². The number of halogens is 1. The maximum absolute atomic E-state index is 8.90. The van der Waals surface area contributed by atoms with Crippen LogP contribution < -0.4 is 0 Å². The van der Waals surface area contributed by atoms with Crippen molar-refractivity contribution < 1.29 is 5.11 Å². The molecule has 0 aliphatic heterocycles. The fraction of sp³-hybridized carbons (Fsp3) is 0.250. The third kappa shape index (κ3) is 1.52. The zero-order valence-corrected chi connectivity index (χ0v) is 8.48. The van der Waals surface area contributed by atoms with Gasteiger partial charge in [0.15, 0.2) is 5.15 Å². The van der Waals surface area contributed by atoms with E-state index in [4.69, 9.17) is 16.7 Å². The predicted molar refractivity (Wildman–Crippen MR) is 53.1 cm³/mol. The summed E-state index contributed by atoms with van der Waals surface area (Å²) in [5.74, 6) is 0. The monoisotopic (exact) mass is 214 g/mol. The van der Waals surface area contributed by atoms with Gasteiger partial charge in [-0.05, 0) is 13.0 Å². The van der Waals surface area contributed by atoms with Gasteiger partial charge in [0.1, 0.15) is 10.3 Å². The number of rotatable bonds is 1. The number of aryl methyl sites for hydroxylation is 1. The molecule has 1 N–H and O–H groups in total. The molecule has 13 heavy (non-hydrogen) atoms. The minimum absolute atomic E-state index is 0.0272. The molecule has 3 nitrogen and oxygen atoms in total. The molecule has 0 bridgehead atoms. The molecule has 0 aliphatic carbocycles. The standard InChI is InChI=1S/C8H7ClN2OS/c1-4-7(9)11-6-2-5(3-12)13-8(6)10-4/h2,12H,3H2,1H3. The summed E-state index contributed by atoms with van der Waals surface area (Å²) in [5.41, 5.74) is 1.48. The number of aliphatic hydroxyl groups is 1. The lowest BCUT2D eigenvalue weighted by atomic mass is 10.4. The summed E-state index contributed by atoms with van der Waals surface area (Å²) >= 11 is 7.25. The molecule has 2 rings (SSSR count). The number of aromatic nitrogens is 2. The summed E-state index contributed by atoms with van der Waals surface area (Å²) in [6, 6.07) is 1.80. The number of aliphatic hydroxyl groups excluding tert-OH is 1. The first-order chi connectivity index (χ1) is 6.20. The first-order valence-electron chi connectivity index (χ1n) is 3.74. The molecular weight excluding hydrogens is 208 g/mol. The Bertz CT molecular complexity index is 416. The Morgan fingerprint density at radius 1 is 1.54 bits per heavy atom. The molecule has 0 amide bonds. The van der Waals surface area contributed by atoms with E-state index in [9.17, 15) is 0 Å². The zero-order chi connectivity index (χ0) is 9.42. The Labute approximate surface area is 84.0 Å². The second-order valence-electron chi connectivity index (χ2n) is 2.66. The number of hydrogen-bond donors (Lipinski definition) is 1. The van der Waals surface area contributed by atoms with Crippen LogP contribution in [-0.4, -0.2) is 15.1 Å². The molecule has 0 unspecified atom stereocenters. The lowest BCUT2D eigenvalue weighted by Crippen LogP contribution is -1.85. The van der Waals surface area contributed by atoms with Gasteiger partial charge in [-0.3, -0.25) is 0 Å². The summed E-state index contributed by atoms with van der Waals surface area (Å²) in [6.45, 7) is 1.84. The average molecular weight is 215 g/mol. The van der Waals surface area contributed by atoms with Gasteiger partial charge < -0.3 is 5.11 Å². The highest BCUT2D eigenvalue weighted by Crippen LogP contribution is 2.24. The molecule has 0 fully saturated rings. The molecule has 68 valence electrons. The number of nitrogens with zero attached hydrogens (tertiary/aromatic N) is 2. The highest BCUT2D eigenvalue weighted by atomic mass is 35.5. The molecule has 0 aliphatic rings. The van der Waals surface area contributed by atoms with Gasteiger partial charge in [-0.25, -0.2) is 9.97 Å². The van der Waals surface area contributed by atoms with E-state index in [1.807, 2.05) is 6.92 Å². The van der Waals surface area contributed by atoms with E-state index < -0.39 is 0 Å². The Balaban J connectivity index is 2.70. The van der Waals surface area contributed by atoms with Crippen LogP contribution in [0.5, 0.6) is 0 Å². The van der Waals surface area contributed by atoms with Gasteiger partial charge >= 0.3 is 0 Å². The highest BCUT2D eigenvalue weighted by Gasteiger charge is 2.06. The number of thiophene rings is 1. The largest absolute Gasteiger partial charge is 0.391 e. The summed E-state index contributed by atoms with van der Waals surface area (Å²) < 4.78 is 0. The summed E-state index contributed by atoms with van der Waals surface area (Å²) in [4.78, 5) is 10.1. The van der Waals surface area contributed by atoms with Gasteiger partial charge in [0.05, 0.1) is 12.3 Å². The lowest BCUT2D eigenvalue weighted by molar-refractivity contribution is 0.285. The van der Waals surface area contributed by atoms with Crippen LogP contribution in [0.3, 0.4) is 0 Å². The van der Waals surface area contributed by atoms with E-state index in [-0.39, 0.29) is 6.61 Å². The van der Waals surface area contributed by atoms with Crippen LogP contribution in [0.25, 0.3) is 10.3 Å². The van der Waals surface area contributed by atoms with Crippen LogP contribution >= 0.6 is 22.9 Å². The molecule has 0 atom stereocenters. The smallest absolute Gasteiger partial charge is 0.151 e. The van der Waals surface area contributed by atoms with E-state index in [2.05, 4.69) is 9.97 Å². The van der Waals surface area contributed by atoms with Crippen molar-refractivity contribution in [3.63, 3.8) is 0 Å². The number of fused-ring (bicyclic) bond motifs is 1. The van der Waals surface area contributed by atoms with E-state index >= 15 is 0 Å². The van der Waals surface area contributed by atoms with Crippen LogP contribution in [0, 0.1) is 6.92 Å². The summed E-state index contributed by atoms with van der Waals surface area (Å²) in [6.07, 6.45) is 0. The van der Waals surface area contributed by atoms with Crippen molar-refractivity contribution >= 4 is 33.3 Å². The van der Waals surface area contributed by atoms with Crippen molar-refractivity contribution in [3.05, 3.63) is 21.8 Å². The third-order valence-electron chi connectivity index (χ3n) is 1.69. The molecule has 0 saturated carbocycles. The fourth-order valence-electron chi connectivity index (χ4n) is 1.04. The van der Waals surface area contributed by atoms with E-state index in [1.54, 1.807) is 6.07 Å². The average Bonchev–Trinajstić information content (AvgIpc) is 2.48. The molecule has 2 aromatic heterocycles. The van der Waals surface area contributed by atoms with Crippen LogP contribution in [-0.2, 0) is 6.61 Å². The number of hydrogen-bond acceptors (Lipinski definition) is 4. The van der Waals surface area contributed by atoms with Crippen molar-refractivity contribution in [1.29, 1.82) is 0 Å². The second-order valence-corrected chi connectivity index (χ2v) is 4.13. The normalized spacial score (nSPS) is 11.0. The van der Waals surface area contributed by atoms with Crippen molar-refractivity contribution in [2.24, 2.45) is 0 Å². The summed E-state index contributed by atoms with van der Waals surface area (Å²) in [5, 5.41) is 9.32. The molecular formula is C8H7ClN2OS.